The molecule has 1 aliphatic heterocycles. The standard InChI is InChI=1S/C15H18BrN3O/c1-10-8-12(4-5-13(10)16)19-11(2)9-18(3)14(6-7-17)15(19)20/h4-5,8,11,14H,6,9H2,1-3H3. The summed E-state index contributed by atoms with van der Waals surface area (Å²) >= 11 is 3.48. The van der Waals surface area contributed by atoms with Crippen LogP contribution in [-0.2, 0) is 4.79 Å². The number of carbonyl (C=O) groups excluding carboxylic acids is 1. The van der Waals surface area contributed by atoms with Crippen LogP contribution in [-0.4, -0.2) is 36.5 Å². The van der Waals surface area contributed by atoms with Crippen molar-refractivity contribution in [1.82, 2.24) is 4.90 Å². The van der Waals surface area contributed by atoms with Crippen LogP contribution in [0.25, 0.3) is 0 Å². The number of amides is 1. The van der Waals surface area contributed by atoms with Gasteiger partial charge in [-0.05, 0) is 44.7 Å². The minimum atomic E-state index is -0.347. The van der Waals surface area contributed by atoms with Crippen LogP contribution in [0.2, 0.25) is 0 Å². The second kappa shape index (κ2) is 5.94. The van der Waals surface area contributed by atoms with E-state index >= 15 is 0 Å². The third kappa shape index (κ3) is 2.72. The molecule has 0 bridgehead atoms. The summed E-state index contributed by atoms with van der Waals surface area (Å²) in [6.45, 7) is 4.81. The lowest BCUT2D eigenvalue weighted by atomic mass is 10.0. The predicted molar refractivity (Wildman–Crippen MR) is 82.5 cm³/mol. The van der Waals surface area contributed by atoms with Gasteiger partial charge in [0, 0.05) is 22.7 Å². The summed E-state index contributed by atoms with van der Waals surface area (Å²) in [7, 11) is 1.90. The summed E-state index contributed by atoms with van der Waals surface area (Å²) in [5.41, 5.74) is 2.00. The highest BCUT2D eigenvalue weighted by atomic mass is 79.9. The van der Waals surface area contributed by atoms with Crippen molar-refractivity contribution >= 4 is 27.5 Å². The van der Waals surface area contributed by atoms with E-state index in [0.29, 0.717) is 0 Å². The van der Waals surface area contributed by atoms with E-state index in [1.165, 1.54) is 0 Å². The van der Waals surface area contributed by atoms with Gasteiger partial charge in [0.2, 0.25) is 5.91 Å². The smallest absolute Gasteiger partial charge is 0.245 e. The molecule has 0 N–H and O–H groups in total. The number of rotatable bonds is 2. The minimum Gasteiger partial charge on any atom is -0.307 e. The maximum atomic E-state index is 12.7. The normalized spacial score (nSPS) is 23.8. The number of nitrogens with zero attached hydrogens (tertiary/aromatic N) is 3. The minimum absolute atomic E-state index is 0.00882. The average Bonchev–Trinajstić information content (AvgIpc) is 2.38. The van der Waals surface area contributed by atoms with E-state index < -0.39 is 0 Å². The molecule has 0 spiro atoms. The van der Waals surface area contributed by atoms with Gasteiger partial charge >= 0.3 is 0 Å². The summed E-state index contributed by atoms with van der Waals surface area (Å²) in [4.78, 5) is 16.4. The number of halogens is 1. The van der Waals surface area contributed by atoms with Crippen LogP contribution < -0.4 is 4.90 Å². The Kier molecular flexibility index (Phi) is 4.46. The Labute approximate surface area is 128 Å². The van der Waals surface area contributed by atoms with Gasteiger partial charge in [-0.3, -0.25) is 9.69 Å². The molecule has 20 heavy (non-hydrogen) atoms. The van der Waals surface area contributed by atoms with Crippen molar-refractivity contribution in [2.24, 2.45) is 0 Å². The van der Waals surface area contributed by atoms with Crippen molar-refractivity contribution in [1.29, 1.82) is 5.26 Å². The fourth-order valence-electron chi connectivity index (χ4n) is 2.68. The molecule has 1 aromatic rings. The molecule has 0 radical (unpaired) electrons. The van der Waals surface area contributed by atoms with E-state index in [-0.39, 0.29) is 24.4 Å². The number of aryl methyl sites for hydroxylation is 1. The van der Waals surface area contributed by atoms with Crippen LogP contribution in [0.5, 0.6) is 0 Å². The quantitative estimate of drug-likeness (QED) is 0.834. The van der Waals surface area contributed by atoms with Gasteiger partial charge in [-0.15, -0.1) is 0 Å². The maximum Gasteiger partial charge on any atom is 0.245 e. The molecule has 5 heteroatoms. The number of carbonyl (C=O) groups is 1. The van der Waals surface area contributed by atoms with Gasteiger partial charge in [-0.1, -0.05) is 15.9 Å². The first-order chi connectivity index (χ1) is 9.45. The summed E-state index contributed by atoms with van der Waals surface area (Å²) < 4.78 is 1.03. The zero-order chi connectivity index (χ0) is 14.9. The zero-order valence-corrected chi connectivity index (χ0v) is 13.5. The topological polar surface area (TPSA) is 47.3 Å². The Hall–Kier alpha value is -1.38. The molecule has 106 valence electrons. The molecule has 2 atom stereocenters. The van der Waals surface area contributed by atoms with Crippen LogP contribution in [0.1, 0.15) is 18.9 Å². The van der Waals surface area contributed by atoms with Gasteiger partial charge in [-0.2, -0.15) is 5.26 Å². The molecule has 1 aromatic carbocycles. The monoisotopic (exact) mass is 335 g/mol. The van der Waals surface area contributed by atoms with E-state index in [0.717, 1.165) is 22.3 Å². The molecular formula is C15H18BrN3O. The fraction of sp³-hybridized carbons (Fsp3) is 0.467. The highest BCUT2D eigenvalue weighted by Crippen LogP contribution is 2.28. The van der Waals surface area contributed by atoms with E-state index in [9.17, 15) is 4.79 Å². The summed E-state index contributed by atoms with van der Waals surface area (Å²) in [5.74, 6) is 0.00882. The summed E-state index contributed by atoms with van der Waals surface area (Å²) in [6, 6.07) is 7.77. The number of piperazine rings is 1. The maximum absolute atomic E-state index is 12.7. The van der Waals surface area contributed by atoms with Crippen LogP contribution >= 0.6 is 15.9 Å². The summed E-state index contributed by atoms with van der Waals surface area (Å²) in [6.07, 6.45) is 0.230. The van der Waals surface area contributed by atoms with E-state index in [1.54, 1.807) is 0 Å². The fourth-order valence-corrected chi connectivity index (χ4v) is 2.93. The Balaban J connectivity index is 2.36. The van der Waals surface area contributed by atoms with Crippen molar-refractivity contribution in [3.63, 3.8) is 0 Å². The average molecular weight is 336 g/mol. The summed E-state index contributed by atoms with van der Waals surface area (Å²) in [5, 5.41) is 8.90. The van der Waals surface area contributed by atoms with Gasteiger partial charge in [0.25, 0.3) is 0 Å². The third-order valence-electron chi connectivity index (χ3n) is 3.75. The highest BCUT2D eigenvalue weighted by Gasteiger charge is 2.37. The zero-order valence-electron chi connectivity index (χ0n) is 11.9. The first-order valence-corrected chi connectivity index (χ1v) is 7.41. The van der Waals surface area contributed by atoms with E-state index in [2.05, 4.69) is 22.0 Å². The van der Waals surface area contributed by atoms with Crippen molar-refractivity contribution in [3.05, 3.63) is 28.2 Å². The molecule has 0 aliphatic carbocycles. The number of likely N-dealkylation sites (N-methyl/N-ethyl adjacent to an activating group) is 1. The van der Waals surface area contributed by atoms with Gasteiger partial charge in [-0.25, -0.2) is 0 Å². The Morgan fingerprint density at radius 2 is 2.20 bits per heavy atom. The second-order valence-corrected chi connectivity index (χ2v) is 6.16. The first kappa shape index (κ1) is 15.0. The lowest BCUT2D eigenvalue weighted by Crippen LogP contribution is -2.59. The second-order valence-electron chi connectivity index (χ2n) is 5.31. The lowest BCUT2D eigenvalue weighted by Gasteiger charge is -2.42. The van der Waals surface area contributed by atoms with Crippen LogP contribution in [0.4, 0.5) is 5.69 Å². The van der Waals surface area contributed by atoms with Gasteiger partial charge in [0.05, 0.1) is 12.5 Å². The molecular weight excluding hydrogens is 318 g/mol. The number of nitriles is 1. The molecule has 0 aromatic heterocycles. The molecule has 2 rings (SSSR count). The molecule has 1 aliphatic rings. The van der Waals surface area contributed by atoms with Gasteiger partial charge in [0.15, 0.2) is 0 Å². The van der Waals surface area contributed by atoms with Crippen LogP contribution in [0.15, 0.2) is 22.7 Å². The Morgan fingerprint density at radius 3 is 2.80 bits per heavy atom. The molecule has 1 amide bonds. The molecule has 1 fully saturated rings. The van der Waals surface area contributed by atoms with Crippen LogP contribution in [0, 0.1) is 18.3 Å². The SMILES string of the molecule is Cc1cc(N2C(=O)C(CC#N)N(C)CC2C)ccc1Br. The number of hydrogen-bond donors (Lipinski definition) is 0. The van der Waals surface area contributed by atoms with Gasteiger partial charge in [0.1, 0.15) is 6.04 Å². The molecule has 1 saturated heterocycles. The van der Waals surface area contributed by atoms with Crippen molar-refractivity contribution in [2.75, 3.05) is 18.5 Å². The number of hydrogen-bond acceptors (Lipinski definition) is 3. The number of anilines is 1. The van der Waals surface area contributed by atoms with Crippen LogP contribution in [0.3, 0.4) is 0 Å². The third-order valence-corrected chi connectivity index (χ3v) is 4.64. The van der Waals surface area contributed by atoms with Crippen molar-refractivity contribution < 1.29 is 4.79 Å². The van der Waals surface area contributed by atoms with Gasteiger partial charge < -0.3 is 4.90 Å². The largest absolute Gasteiger partial charge is 0.307 e. The Bertz CT molecular complexity index is 567. The van der Waals surface area contributed by atoms with E-state index in [1.807, 2.05) is 48.9 Å². The molecule has 1 heterocycles. The Morgan fingerprint density at radius 1 is 1.50 bits per heavy atom. The predicted octanol–water partition coefficient (Wildman–Crippen LogP) is 2.71. The van der Waals surface area contributed by atoms with Crippen molar-refractivity contribution in [2.45, 2.75) is 32.4 Å². The van der Waals surface area contributed by atoms with E-state index in [4.69, 9.17) is 5.26 Å². The molecule has 2 unspecified atom stereocenters. The molecule has 4 nitrogen and oxygen atoms in total. The van der Waals surface area contributed by atoms with Crippen molar-refractivity contribution in [3.8, 4) is 6.07 Å². The number of benzene rings is 1. The highest BCUT2D eigenvalue weighted by molar-refractivity contribution is 9.10. The molecule has 0 saturated carbocycles. The first-order valence-electron chi connectivity index (χ1n) is 6.62. The lowest BCUT2D eigenvalue weighted by molar-refractivity contribution is -0.126.